The molecule has 174 valence electrons. The van der Waals surface area contributed by atoms with E-state index in [1.807, 2.05) is 54.6 Å². The zero-order valence-corrected chi connectivity index (χ0v) is 20.1. The van der Waals surface area contributed by atoms with E-state index in [4.69, 9.17) is 20.2 Å². The highest BCUT2D eigenvalue weighted by atomic mass is 32.2. The molecule has 0 aliphatic carbocycles. The number of rotatable bonds is 7. The summed E-state index contributed by atoms with van der Waals surface area (Å²) in [5, 5.41) is 10.2. The zero-order chi connectivity index (χ0) is 24.2. The topological polar surface area (TPSA) is 101 Å². The van der Waals surface area contributed by atoms with Gasteiger partial charge in [-0.1, -0.05) is 56.3 Å². The number of carbonyl (C=O) groups is 1. The summed E-state index contributed by atoms with van der Waals surface area (Å²) in [7, 11) is 0. The fourth-order valence-electron chi connectivity index (χ4n) is 3.78. The van der Waals surface area contributed by atoms with Crippen LogP contribution >= 0.6 is 11.8 Å². The van der Waals surface area contributed by atoms with Crippen molar-refractivity contribution in [3.8, 4) is 11.8 Å². The van der Waals surface area contributed by atoms with Crippen LogP contribution in [0.1, 0.15) is 37.9 Å². The van der Waals surface area contributed by atoms with E-state index in [0.717, 1.165) is 16.9 Å². The van der Waals surface area contributed by atoms with Gasteiger partial charge in [0.1, 0.15) is 22.5 Å². The number of esters is 1. The molecule has 4 rings (SSSR count). The maximum atomic E-state index is 13.3. The summed E-state index contributed by atoms with van der Waals surface area (Å²) in [5.74, 6) is 0.937. The van der Waals surface area contributed by atoms with E-state index >= 15 is 0 Å². The van der Waals surface area contributed by atoms with Gasteiger partial charge in [-0.15, -0.1) is 0 Å². The molecule has 0 amide bonds. The lowest BCUT2D eigenvalue weighted by Gasteiger charge is -2.35. The minimum absolute atomic E-state index is 0.221. The van der Waals surface area contributed by atoms with Crippen LogP contribution in [0.2, 0.25) is 0 Å². The molecule has 2 aromatic rings. The first kappa shape index (κ1) is 23.5. The molecule has 2 heterocycles. The second-order valence-electron chi connectivity index (χ2n) is 8.22. The van der Waals surface area contributed by atoms with Crippen molar-refractivity contribution in [2.75, 3.05) is 13.2 Å². The Hall–Kier alpha value is -3.70. The first-order valence-electron chi connectivity index (χ1n) is 11.1. The third-order valence-electron chi connectivity index (χ3n) is 5.31. The molecular weight excluding hydrogens is 448 g/mol. The third kappa shape index (κ3) is 4.52. The molecule has 8 heteroatoms. The van der Waals surface area contributed by atoms with Crippen LogP contribution in [-0.2, 0) is 9.53 Å². The number of ether oxygens (including phenoxy) is 2. The molecular formula is C26H26N4O3S. The lowest BCUT2D eigenvalue weighted by molar-refractivity contribution is -0.139. The Labute approximate surface area is 203 Å². The van der Waals surface area contributed by atoms with Crippen LogP contribution in [-0.4, -0.2) is 29.3 Å². The number of allylic oxidation sites excluding steroid dienone is 1. The molecule has 0 bridgehead atoms. The number of thioether (sulfide) groups is 1. The normalized spacial score (nSPS) is 17.4. The van der Waals surface area contributed by atoms with Crippen molar-refractivity contribution >= 4 is 28.6 Å². The summed E-state index contributed by atoms with van der Waals surface area (Å²) in [4.78, 5) is 20.2. The third-order valence-corrected chi connectivity index (χ3v) is 6.28. The molecule has 0 unspecified atom stereocenters. The molecule has 2 aromatic carbocycles. The van der Waals surface area contributed by atoms with Crippen LogP contribution in [0.3, 0.4) is 0 Å². The van der Waals surface area contributed by atoms with E-state index in [1.54, 1.807) is 11.8 Å². The smallest absolute Gasteiger partial charge is 0.338 e. The molecule has 0 fully saturated rings. The van der Waals surface area contributed by atoms with Gasteiger partial charge in [-0.3, -0.25) is 4.90 Å². The number of amidine groups is 1. The van der Waals surface area contributed by atoms with Crippen molar-refractivity contribution in [1.82, 2.24) is 4.90 Å². The molecule has 2 aliphatic rings. The molecule has 2 N–H and O–H groups in total. The summed E-state index contributed by atoms with van der Waals surface area (Å²) >= 11 is 1.20. The highest BCUT2D eigenvalue weighted by molar-refractivity contribution is 8.17. The standard InChI is InChI=1S/C26H26N4O3S/c1-4-32-25(31)21-22(17-8-6-5-7-9-17)29-26-30(24(28)20(14-27)34-26)23(21)18-10-12-19(13-11-18)33-15-16(2)3/h5-13,16,23H,4,15,28H2,1-3H3/t23-/m1/s1. The van der Waals surface area contributed by atoms with Gasteiger partial charge in [0, 0.05) is 5.56 Å². The van der Waals surface area contributed by atoms with Crippen molar-refractivity contribution < 1.29 is 14.3 Å². The van der Waals surface area contributed by atoms with Crippen LogP contribution in [0.15, 0.2) is 75.9 Å². The number of hydrogen-bond donors (Lipinski definition) is 1. The lowest BCUT2D eigenvalue weighted by Crippen LogP contribution is -2.38. The maximum Gasteiger partial charge on any atom is 0.338 e. The number of fused-ring (bicyclic) bond motifs is 1. The molecule has 0 radical (unpaired) electrons. The first-order valence-corrected chi connectivity index (χ1v) is 11.9. The average Bonchev–Trinajstić information content (AvgIpc) is 3.18. The van der Waals surface area contributed by atoms with E-state index in [9.17, 15) is 10.1 Å². The summed E-state index contributed by atoms with van der Waals surface area (Å²) in [6.07, 6.45) is 0. The van der Waals surface area contributed by atoms with E-state index in [0.29, 0.717) is 33.9 Å². The van der Waals surface area contributed by atoms with Gasteiger partial charge in [-0.25, -0.2) is 9.79 Å². The maximum absolute atomic E-state index is 13.3. The van der Waals surface area contributed by atoms with Crippen molar-refractivity contribution in [1.29, 1.82) is 5.26 Å². The fourth-order valence-corrected chi connectivity index (χ4v) is 4.65. The van der Waals surface area contributed by atoms with Crippen molar-refractivity contribution in [3.05, 3.63) is 82.0 Å². The number of nitrogens with two attached hydrogens (primary N) is 1. The summed E-state index contributed by atoms with van der Waals surface area (Å²) in [5.41, 5.74) is 8.86. The SMILES string of the molecule is CCOC(=O)C1=C(c2ccccc2)N=C2SC(C#N)=C(N)N2[C@@H]1c1ccc(OCC(C)C)cc1. The van der Waals surface area contributed by atoms with Gasteiger partial charge in [0.25, 0.3) is 0 Å². The molecule has 7 nitrogen and oxygen atoms in total. The average molecular weight is 475 g/mol. The van der Waals surface area contributed by atoms with E-state index < -0.39 is 12.0 Å². The second-order valence-corrected chi connectivity index (χ2v) is 9.20. The monoisotopic (exact) mass is 474 g/mol. The van der Waals surface area contributed by atoms with Gasteiger partial charge in [0.15, 0.2) is 5.17 Å². The van der Waals surface area contributed by atoms with Gasteiger partial charge in [0.2, 0.25) is 0 Å². The number of nitrogens with zero attached hydrogens (tertiary/aromatic N) is 3. The van der Waals surface area contributed by atoms with Gasteiger partial charge in [-0.2, -0.15) is 5.26 Å². The quantitative estimate of drug-likeness (QED) is 0.575. The molecule has 1 atom stereocenters. The van der Waals surface area contributed by atoms with Crippen molar-refractivity contribution in [3.63, 3.8) is 0 Å². The molecule has 0 aromatic heterocycles. The lowest BCUT2D eigenvalue weighted by atomic mass is 9.92. The Morgan fingerprint density at radius 1 is 1.21 bits per heavy atom. The summed E-state index contributed by atoms with van der Waals surface area (Å²) in [6, 6.07) is 18.6. The van der Waals surface area contributed by atoms with E-state index in [-0.39, 0.29) is 12.4 Å². The zero-order valence-electron chi connectivity index (χ0n) is 19.3. The Balaban J connectivity index is 1.88. The predicted octanol–water partition coefficient (Wildman–Crippen LogP) is 4.81. The minimum atomic E-state index is -0.612. The Kier molecular flexibility index (Phi) is 6.94. The van der Waals surface area contributed by atoms with Crippen LogP contribution in [0.25, 0.3) is 5.70 Å². The highest BCUT2D eigenvalue weighted by Crippen LogP contribution is 2.47. The number of carbonyl (C=O) groups excluding carboxylic acids is 1. The van der Waals surface area contributed by atoms with Crippen molar-refractivity contribution in [2.45, 2.75) is 26.8 Å². The van der Waals surface area contributed by atoms with Crippen LogP contribution in [0.4, 0.5) is 0 Å². The Morgan fingerprint density at radius 2 is 1.91 bits per heavy atom. The van der Waals surface area contributed by atoms with Crippen LogP contribution in [0.5, 0.6) is 5.75 Å². The van der Waals surface area contributed by atoms with Gasteiger partial charge >= 0.3 is 5.97 Å². The molecule has 2 aliphatic heterocycles. The summed E-state index contributed by atoms with van der Waals surface area (Å²) in [6.45, 7) is 6.77. The molecule has 0 spiro atoms. The predicted molar refractivity (Wildman–Crippen MR) is 133 cm³/mol. The van der Waals surface area contributed by atoms with E-state index in [2.05, 4.69) is 19.9 Å². The largest absolute Gasteiger partial charge is 0.493 e. The number of nitriles is 1. The van der Waals surface area contributed by atoms with Crippen LogP contribution in [0, 0.1) is 17.2 Å². The first-order chi connectivity index (χ1) is 16.4. The number of hydrogen-bond acceptors (Lipinski definition) is 8. The van der Waals surface area contributed by atoms with Crippen molar-refractivity contribution in [2.24, 2.45) is 16.6 Å². The summed E-state index contributed by atoms with van der Waals surface area (Å²) < 4.78 is 11.3. The molecule has 0 saturated heterocycles. The van der Waals surface area contributed by atoms with E-state index in [1.165, 1.54) is 11.8 Å². The Bertz CT molecular complexity index is 1210. The fraction of sp³-hybridized carbons (Fsp3) is 0.269. The Morgan fingerprint density at radius 3 is 2.53 bits per heavy atom. The number of aliphatic imine (C=N–C) groups is 1. The number of benzene rings is 2. The van der Waals surface area contributed by atoms with Gasteiger partial charge in [0.05, 0.1) is 30.5 Å². The second kappa shape index (κ2) is 10.1. The van der Waals surface area contributed by atoms with Gasteiger partial charge in [-0.05, 0) is 42.3 Å². The van der Waals surface area contributed by atoms with Gasteiger partial charge < -0.3 is 15.2 Å². The molecule has 0 saturated carbocycles. The molecule has 34 heavy (non-hydrogen) atoms. The minimum Gasteiger partial charge on any atom is -0.493 e. The highest BCUT2D eigenvalue weighted by Gasteiger charge is 2.43. The van der Waals surface area contributed by atoms with Crippen LogP contribution < -0.4 is 10.5 Å².